The van der Waals surface area contributed by atoms with E-state index in [4.69, 9.17) is 0 Å². The van der Waals surface area contributed by atoms with Gasteiger partial charge in [-0.05, 0) is 25.8 Å². The molecule has 2 rings (SSSR count). The molecular formula is C27H49N5O3. The van der Waals surface area contributed by atoms with E-state index in [0.29, 0.717) is 24.1 Å². The molecule has 0 saturated carbocycles. The normalized spacial score (nSPS) is 12.6. The molecule has 0 aromatic carbocycles. The minimum Gasteiger partial charge on any atom is -0.392 e. The first-order chi connectivity index (χ1) is 17.0. The summed E-state index contributed by atoms with van der Waals surface area (Å²) in [6.45, 7) is 3.88. The summed E-state index contributed by atoms with van der Waals surface area (Å²) < 4.78 is 3.13. The summed E-state index contributed by atoms with van der Waals surface area (Å²) in [5, 5.41) is 13.6. The van der Waals surface area contributed by atoms with Gasteiger partial charge in [-0.15, -0.1) is 0 Å². The number of fused-ring (bicyclic) bond motifs is 1. The fourth-order valence-corrected chi connectivity index (χ4v) is 4.70. The molecule has 2 aromatic rings. The lowest BCUT2D eigenvalue weighted by Crippen LogP contribution is -2.29. The smallest absolute Gasteiger partial charge is 0.329 e. The summed E-state index contributed by atoms with van der Waals surface area (Å²) in [4.78, 5) is 30.7. The minimum atomic E-state index is -0.453. The maximum atomic E-state index is 12.1. The molecule has 0 radical (unpaired) electrons. The Kier molecular flexibility index (Phi) is 14.0. The Labute approximate surface area is 210 Å². The summed E-state index contributed by atoms with van der Waals surface area (Å²) in [7, 11) is 3.41. The van der Waals surface area contributed by atoms with Gasteiger partial charge >= 0.3 is 5.69 Å². The SMILES string of the molecule is CCCCCCCCCCCCCCNCC(O)CCCCc1nc2c(c(=O)[nH]c(=O)n2C)n1C. The summed E-state index contributed by atoms with van der Waals surface area (Å²) in [6, 6.07) is 0. The summed E-state index contributed by atoms with van der Waals surface area (Å²) in [6.07, 6.45) is 19.1. The largest absolute Gasteiger partial charge is 0.392 e. The summed E-state index contributed by atoms with van der Waals surface area (Å²) in [5.74, 6) is 0.784. The van der Waals surface area contributed by atoms with Crippen LogP contribution in [-0.4, -0.2) is 43.4 Å². The lowest BCUT2D eigenvalue weighted by Gasteiger charge is -2.11. The summed E-state index contributed by atoms with van der Waals surface area (Å²) in [5.41, 5.74) is -0.0206. The van der Waals surface area contributed by atoms with Crippen LogP contribution in [0.25, 0.3) is 11.2 Å². The van der Waals surface area contributed by atoms with E-state index >= 15 is 0 Å². The van der Waals surface area contributed by atoms with Gasteiger partial charge in [-0.2, -0.15) is 0 Å². The number of aliphatic hydroxyl groups is 1. The highest BCUT2D eigenvalue weighted by Gasteiger charge is 2.14. The first-order valence-electron chi connectivity index (χ1n) is 14.0. The second-order valence-corrected chi connectivity index (χ2v) is 10.1. The number of nitrogens with one attached hydrogen (secondary N) is 2. The first-order valence-corrected chi connectivity index (χ1v) is 14.0. The highest BCUT2D eigenvalue weighted by atomic mass is 16.3. The molecule has 0 aliphatic carbocycles. The molecule has 35 heavy (non-hydrogen) atoms. The Bertz CT molecular complexity index is 962. The Hall–Kier alpha value is -1.93. The van der Waals surface area contributed by atoms with Gasteiger partial charge < -0.3 is 15.0 Å². The molecule has 0 amide bonds. The van der Waals surface area contributed by atoms with Crippen LogP contribution in [0.3, 0.4) is 0 Å². The van der Waals surface area contributed by atoms with Gasteiger partial charge in [-0.1, -0.05) is 84.0 Å². The minimum absolute atomic E-state index is 0.337. The molecule has 8 nitrogen and oxygen atoms in total. The number of aromatic amines is 1. The topological polar surface area (TPSA) is 105 Å². The zero-order valence-electron chi connectivity index (χ0n) is 22.4. The van der Waals surface area contributed by atoms with Gasteiger partial charge in [0.15, 0.2) is 11.2 Å². The molecule has 2 heterocycles. The zero-order valence-corrected chi connectivity index (χ0v) is 22.4. The molecule has 0 aliphatic heterocycles. The average molecular weight is 492 g/mol. The number of hydrogen-bond donors (Lipinski definition) is 3. The van der Waals surface area contributed by atoms with Crippen molar-refractivity contribution in [2.24, 2.45) is 14.1 Å². The molecule has 0 fully saturated rings. The average Bonchev–Trinajstić information content (AvgIpc) is 3.17. The van der Waals surface area contributed by atoms with Crippen molar-refractivity contribution in [3.63, 3.8) is 0 Å². The number of hydrogen-bond acceptors (Lipinski definition) is 5. The molecule has 2 aromatic heterocycles. The molecule has 0 saturated heterocycles. The monoisotopic (exact) mass is 491 g/mol. The van der Waals surface area contributed by atoms with Crippen LogP contribution in [0.5, 0.6) is 0 Å². The van der Waals surface area contributed by atoms with Gasteiger partial charge in [0.2, 0.25) is 0 Å². The van der Waals surface area contributed by atoms with Crippen LogP contribution in [-0.2, 0) is 20.5 Å². The fraction of sp³-hybridized carbons (Fsp3) is 0.815. The molecule has 0 spiro atoms. The van der Waals surface area contributed by atoms with Gasteiger partial charge in [0.1, 0.15) is 5.82 Å². The first kappa shape index (κ1) is 29.3. The summed E-state index contributed by atoms with van der Waals surface area (Å²) >= 11 is 0. The number of nitrogens with zero attached hydrogens (tertiary/aromatic N) is 3. The predicted octanol–water partition coefficient (Wildman–Crippen LogP) is 4.32. The van der Waals surface area contributed by atoms with Crippen LogP contribution in [0.15, 0.2) is 9.59 Å². The van der Waals surface area contributed by atoms with E-state index in [9.17, 15) is 14.7 Å². The van der Waals surface area contributed by atoms with Gasteiger partial charge in [0.05, 0.1) is 6.10 Å². The van der Waals surface area contributed by atoms with Crippen molar-refractivity contribution in [1.29, 1.82) is 0 Å². The Morgan fingerprint density at radius 1 is 0.857 bits per heavy atom. The van der Waals surface area contributed by atoms with E-state index in [1.54, 1.807) is 18.7 Å². The van der Waals surface area contributed by atoms with Gasteiger partial charge in [0, 0.05) is 27.1 Å². The zero-order chi connectivity index (χ0) is 25.5. The third-order valence-electron chi connectivity index (χ3n) is 7.00. The number of H-pyrrole nitrogens is 1. The van der Waals surface area contributed by atoms with Crippen LogP contribution >= 0.6 is 0 Å². The Balaban J connectivity index is 1.47. The van der Waals surface area contributed by atoms with Gasteiger partial charge in [-0.25, -0.2) is 9.78 Å². The van der Waals surface area contributed by atoms with Crippen molar-refractivity contribution in [3.05, 3.63) is 26.7 Å². The Morgan fingerprint density at radius 2 is 1.46 bits per heavy atom. The van der Waals surface area contributed by atoms with Crippen molar-refractivity contribution in [2.75, 3.05) is 13.1 Å². The second kappa shape index (κ2) is 16.7. The third kappa shape index (κ3) is 10.3. The third-order valence-corrected chi connectivity index (χ3v) is 7.00. The van der Waals surface area contributed by atoms with Crippen LogP contribution < -0.4 is 16.6 Å². The van der Waals surface area contributed by atoms with Crippen molar-refractivity contribution in [2.45, 2.75) is 116 Å². The molecule has 0 bridgehead atoms. The van der Waals surface area contributed by atoms with E-state index in [1.807, 2.05) is 0 Å². The van der Waals surface area contributed by atoms with Gasteiger partial charge in [0.25, 0.3) is 5.56 Å². The number of unbranched alkanes of at least 4 members (excludes halogenated alkanes) is 12. The van der Waals surface area contributed by atoms with E-state index in [-0.39, 0.29) is 6.10 Å². The molecular weight excluding hydrogens is 442 g/mol. The van der Waals surface area contributed by atoms with E-state index in [0.717, 1.165) is 31.6 Å². The lowest BCUT2D eigenvalue weighted by atomic mass is 10.1. The maximum Gasteiger partial charge on any atom is 0.329 e. The number of aliphatic hydroxyl groups excluding tert-OH is 1. The maximum absolute atomic E-state index is 12.1. The molecule has 3 N–H and O–H groups in total. The number of aromatic nitrogens is 4. The van der Waals surface area contributed by atoms with Crippen LogP contribution in [0, 0.1) is 0 Å². The van der Waals surface area contributed by atoms with Crippen molar-refractivity contribution >= 4 is 11.2 Å². The Morgan fingerprint density at radius 3 is 2.09 bits per heavy atom. The molecule has 200 valence electrons. The molecule has 1 unspecified atom stereocenters. The molecule has 8 heteroatoms. The van der Waals surface area contributed by atoms with Crippen LogP contribution in [0.2, 0.25) is 0 Å². The van der Waals surface area contributed by atoms with E-state index < -0.39 is 11.2 Å². The van der Waals surface area contributed by atoms with Crippen molar-refractivity contribution in [1.82, 2.24) is 24.4 Å². The molecule has 1 atom stereocenters. The predicted molar refractivity (Wildman–Crippen MR) is 144 cm³/mol. The van der Waals surface area contributed by atoms with Crippen LogP contribution in [0.4, 0.5) is 0 Å². The van der Waals surface area contributed by atoms with E-state index in [1.165, 1.54) is 81.6 Å². The number of imidazole rings is 1. The lowest BCUT2D eigenvalue weighted by molar-refractivity contribution is 0.158. The molecule has 0 aliphatic rings. The van der Waals surface area contributed by atoms with Crippen molar-refractivity contribution < 1.29 is 5.11 Å². The van der Waals surface area contributed by atoms with Gasteiger partial charge in [-0.3, -0.25) is 14.3 Å². The highest BCUT2D eigenvalue weighted by molar-refractivity contribution is 5.70. The van der Waals surface area contributed by atoms with Crippen molar-refractivity contribution in [3.8, 4) is 0 Å². The number of aryl methyl sites for hydroxylation is 3. The standard InChI is InChI=1S/C27H49N5O3/c1-4-5-6-7-8-9-10-11-12-13-14-17-20-28-21-22(33)18-15-16-19-23-29-25-24(31(23)2)26(34)30-27(35)32(25)3/h22,28,33H,4-21H2,1-3H3,(H,30,34,35). The van der Waals surface area contributed by atoms with E-state index in [2.05, 4.69) is 22.2 Å². The second-order valence-electron chi connectivity index (χ2n) is 10.1. The fourth-order valence-electron chi connectivity index (χ4n) is 4.70. The van der Waals surface area contributed by atoms with Crippen LogP contribution in [0.1, 0.15) is 109 Å². The highest BCUT2D eigenvalue weighted by Crippen LogP contribution is 2.13. The quantitative estimate of drug-likeness (QED) is 0.239. The number of rotatable bonds is 20.